The predicted molar refractivity (Wildman–Crippen MR) is 171 cm³/mol. The number of hydrogen-bond donors (Lipinski definition) is 5. The molecule has 0 aliphatic heterocycles. The van der Waals surface area contributed by atoms with Crippen LogP contribution in [0.3, 0.4) is 0 Å². The number of fused-ring (bicyclic) bond motifs is 1. The lowest BCUT2D eigenvalue weighted by Gasteiger charge is -2.34. The molecular formula is C32H38F6N4O6S. The van der Waals surface area contributed by atoms with E-state index in [1.54, 1.807) is 18.2 Å². The number of aromatic amines is 1. The molecule has 1 heterocycles. The average Bonchev–Trinajstić information content (AvgIpc) is 3.45. The second-order valence-electron chi connectivity index (χ2n) is 11.4. The van der Waals surface area contributed by atoms with Crippen LogP contribution in [0, 0.1) is 0 Å². The number of alkyl halides is 6. The van der Waals surface area contributed by atoms with Crippen LogP contribution < -0.4 is 15.5 Å². The van der Waals surface area contributed by atoms with E-state index in [2.05, 4.69) is 20.5 Å². The van der Waals surface area contributed by atoms with Crippen LogP contribution >= 0.6 is 11.3 Å². The molecule has 1 amide bonds. The van der Waals surface area contributed by atoms with Gasteiger partial charge < -0.3 is 30.7 Å². The molecule has 270 valence electrons. The SMILES string of the molecule is O=C(C(=O)C(F)(F)F)C(F)(F)F.O=C(CCNCCc1cccc(O)c1)N(CCNCCc1ccc(O)c2[nH]c(=O)sc12)C1CCCCC1. The third-order valence-corrected chi connectivity index (χ3v) is 8.77. The molecule has 3 aromatic rings. The number of phenolic OH excluding ortho intramolecular Hbond substituents is 2. The van der Waals surface area contributed by atoms with Crippen LogP contribution in [0.25, 0.3) is 10.2 Å². The van der Waals surface area contributed by atoms with E-state index in [0.29, 0.717) is 31.1 Å². The maximum atomic E-state index is 13.2. The number of hydrogen-bond acceptors (Lipinski definition) is 9. The Bertz CT molecular complexity index is 1590. The molecule has 1 aliphatic carbocycles. The molecule has 0 saturated heterocycles. The number of carbonyl (C=O) groups excluding carboxylic acids is 3. The number of halogens is 6. The number of rotatable bonds is 14. The van der Waals surface area contributed by atoms with E-state index in [4.69, 9.17) is 0 Å². The summed E-state index contributed by atoms with van der Waals surface area (Å²) < 4.78 is 67.8. The van der Waals surface area contributed by atoms with Crippen molar-refractivity contribution in [3.05, 3.63) is 57.2 Å². The number of amides is 1. The van der Waals surface area contributed by atoms with Crippen molar-refractivity contribution in [3.8, 4) is 11.5 Å². The molecule has 5 N–H and O–H groups in total. The first-order chi connectivity index (χ1) is 23.1. The van der Waals surface area contributed by atoms with Crippen molar-refractivity contribution in [2.75, 3.05) is 32.7 Å². The molecule has 1 fully saturated rings. The summed E-state index contributed by atoms with van der Waals surface area (Å²) in [5.74, 6) is -6.23. The number of Topliss-reactive ketones (excluding diaryl/α,β-unsaturated/α-hetero) is 2. The number of aromatic nitrogens is 1. The Hall–Kier alpha value is -3.96. The van der Waals surface area contributed by atoms with Crippen LogP contribution in [0.2, 0.25) is 0 Å². The van der Waals surface area contributed by atoms with Gasteiger partial charge in [0.2, 0.25) is 5.91 Å². The third-order valence-electron chi connectivity index (χ3n) is 7.81. The first-order valence-corrected chi connectivity index (χ1v) is 16.4. The zero-order valence-corrected chi connectivity index (χ0v) is 27.2. The molecule has 2 aromatic carbocycles. The fourth-order valence-electron chi connectivity index (χ4n) is 5.39. The predicted octanol–water partition coefficient (Wildman–Crippen LogP) is 4.77. The lowest BCUT2D eigenvalue weighted by molar-refractivity contribution is -0.193. The summed E-state index contributed by atoms with van der Waals surface area (Å²) in [5.41, 5.74) is 2.62. The summed E-state index contributed by atoms with van der Waals surface area (Å²) in [6.45, 7) is 3.55. The van der Waals surface area contributed by atoms with Gasteiger partial charge in [-0.25, -0.2) is 0 Å². The fourth-order valence-corrected chi connectivity index (χ4v) is 6.28. The van der Waals surface area contributed by atoms with Crippen molar-refractivity contribution < 1.29 is 50.9 Å². The Morgan fingerprint density at radius 3 is 2.12 bits per heavy atom. The van der Waals surface area contributed by atoms with Crippen molar-refractivity contribution >= 4 is 39.0 Å². The molecule has 0 unspecified atom stereocenters. The molecule has 1 saturated carbocycles. The minimum atomic E-state index is -5.77. The van der Waals surface area contributed by atoms with E-state index in [0.717, 1.165) is 72.5 Å². The highest BCUT2D eigenvalue weighted by Gasteiger charge is 2.54. The number of thiazole rings is 1. The molecule has 10 nitrogen and oxygen atoms in total. The molecule has 49 heavy (non-hydrogen) atoms. The van der Waals surface area contributed by atoms with Gasteiger partial charge in [-0.3, -0.25) is 19.2 Å². The number of phenols is 2. The quantitative estimate of drug-likeness (QED) is 0.0909. The topological polar surface area (TPSA) is 152 Å². The largest absolute Gasteiger partial charge is 0.508 e. The van der Waals surface area contributed by atoms with E-state index in [-0.39, 0.29) is 22.3 Å². The Morgan fingerprint density at radius 1 is 0.857 bits per heavy atom. The van der Waals surface area contributed by atoms with Gasteiger partial charge in [-0.05, 0) is 68.1 Å². The number of nitrogens with one attached hydrogen (secondary N) is 3. The van der Waals surface area contributed by atoms with Gasteiger partial charge in [0.1, 0.15) is 17.0 Å². The number of benzene rings is 2. The summed E-state index contributed by atoms with van der Waals surface area (Å²) in [6, 6.07) is 11.1. The number of carbonyl (C=O) groups is 3. The monoisotopic (exact) mass is 720 g/mol. The van der Waals surface area contributed by atoms with Gasteiger partial charge in [0.15, 0.2) is 0 Å². The standard InChI is InChI=1S/C28H38N4O4S.C4F6O2/c33-23-8-4-5-20(19-23)11-14-29-16-13-25(35)32(22-6-2-1-3-7-22)18-17-30-15-12-21-9-10-24(34)26-27(21)37-28(36)31-26;5-3(6,7)1(11)2(12)4(8,9)10/h4-5,8-10,19,22,29-30,33-34H,1-3,6-7,11-18H2,(H,31,36);. The molecule has 0 bridgehead atoms. The molecular weight excluding hydrogens is 682 g/mol. The van der Waals surface area contributed by atoms with Gasteiger partial charge in [0.25, 0.3) is 0 Å². The Morgan fingerprint density at radius 2 is 1.49 bits per heavy atom. The fraction of sp³-hybridized carbons (Fsp3) is 0.500. The highest BCUT2D eigenvalue weighted by molar-refractivity contribution is 7.16. The number of nitrogens with zero attached hydrogens (tertiary/aromatic N) is 1. The maximum absolute atomic E-state index is 13.2. The minimum absolute atomic E-state index is 0.0977. The zero-order valence-electron chi connectivity index (χ0n) is 26.4. The van der Waals surface area contributed by atoms with Crippen molar-refractivity contribution in [3.63, 3.8) is 0 Å². The Kier molecular flexibility index (Phi) is 14.6. The molecule has 1 aromatic heterocycles. The number of ketones is 2. The maximum Gasteiger partial charge on any atom is 0.458 e. The van der Waals surface area contributed by atoms with Gasteiger partial charge in [-0.2, -0.15) is 26.3 Å². The molecule has 0 atom stereocenters. The van der Waals surface area contributed by atoms with Crippen LogP contribution in [-0.4, -0.2) is 88.7 Å². The van der Waals surface area contributed by atoms with Gasteiger partial charge in [0, 0.05) is 32.1 Å². The van der Waals surface area contributed by atoms with Crippen LogP contribution in [0.15, 0.2) is 41.2 Å². The number of aromatic hydroxyl groups is 2. The van der Waals surface area contributed by atoms with E-state index < -0.39 is 23.9 Å². The highest BCUT2D eigenvalue weighted by atomic mass is 32.1. The summed E-state index contributed by atoms with van der Waals surface area (Å²) in [4.78, 5) is 48.7. The highest BCUT2D eigenvalue weighted by Crippen LogP contribution is 2.28. The van der Waals surface area contributed by atoms with Crippen molar-refractivity contribution in [2.24, 2.45) is 0 Å². The Balaban J connectivity index is 0.000000463. The van der Waals surface area contributed by atoms with Crippen LogP contribution in [0.1, 0.15) is 49.7 Å². The molecule has 0 radical (unpaired) electrons. The van der Waals surface area contributed by atoms with Crippen molar-refractivity contribution in [1.29, 1.82) is 0 Å². The van der Waals surface area contributed by atoms with Crippen molar-refractivity contribution in [2.45, 2.75) is 69.8 Å². The lowest BCUT2D eigenvalue weighted by atomic mass is 9.94. The summed E-state index contributed by atoms with van der Waals surface area (Å²) in [7, 11) is 0. The second kappa shape index (κ2) is 18.2. The zero-order chi connectivity index (χ0) is 36.2. The van der Waals surface area contributed by atoms with Crippen molar-refractivity contribution in [1.82, 2.24) is 20.5 Å². The van der Waals surface area contributed by atoms with E-state index in [9.17, 15) is 55.7 Å². The van der Waals surface area contributed by atoms with Gasteiger partial charge >= 0.3 is 28.8 Å². The average molecular weight is 721 g/mol. The second-order valence-corrected chi connectivity index (χ2v) is 12.4. The normalized spacial score (nSPS) is 13.9. The van der Waals surface area contributed by atoms with E-state index in [1.165, 1.54) is 19.3 Å². The van der Waals surface area contributed by atoms with Crippen LogP contribution in [0.4, 0.5) is 26.3 Å². The molecule has 4 rings (SSSR count). The molecule has 17 heteroatoms. The van der Waals surface area contributed by atoms with Crippen LogP contribution in [-0.2, 0) is 27.2 Å². The first-order valence-electron chi connectivity index (χ1n) is 15.6. The number of H-pyrrole nitrogens is 1. The van der Waals surface area contributed by atoms with Gasteiger partial charge in [-0.15, -0.1) is 0 Å². The smallest absolute Gasteiger partial charge is 0.458 e. The first kappa shape index (κ1) is 39.5. The third kappa shape index (κ3) is 12.5. The Labute approximate surface area is 281 Å². The van der Waals surface area contributed by atoms with Gasteiger partial charge in [0.05, 0.1) is 4.70 Å². The molecule has 1 aliphatic rings. The lowest BCUT2D eigenvalue weighted by Crippen LogP contribution is -2.45. The minimum Gasteiger partial charge on any atom is -0.508 e. The summed E-state index contributed by atoms with van der Waals surface area (Å²) >= 11 is 1.13. The summed E-state index contributed by atoms with van der Waals surface area (Å²) in [6.07, 6.45) is -3.74. The van der Waals surface area contributed by atoms with Crippen LogP contribution in [0.5, 0.6) is 11.5 Å². The summed E-state index contributed by atoms with van der Waals surface area (Å²) in [5, 5.41) is 26.4. The van der Waals surface area contributed by atoms with Gasteiger partial charge in [-0.1, -0.05) is 48.8 Å². The van der Waals surface area contributed by atoms with E-state index >= 15 is 0 Å². The van der Waals surface area contributed by atoms with E-state index in [1.807, 2.05) is 18.2 Å². The molecule has 0 spiro atoms.